The summed E-state index contributed by atoms with van der Waals surface area (Å²) in [5.74, 6) is 0. The van der Waals surface area contributed by atoms with Crippen molar-refractivity contribution in [2.24, 2.45) is 7.05 Å². The van der Waals surface area contributed by atoms with Crippen LogP contribution in [0.2, 0.25) is 0 Å². The summed E-state index contributed by atoms with van der Waals surface area (Å²) in [5.41, 5.74) is 6.43. The third kappa shape index (κ3) is 1.57. The number of nitrogens with two attached hydrogens (primary N) is 1. The summed E-state index contributed by atoms with van der Waals surface area (Å²) in [6.07, 6.45) is 1.55. The molecule has 2 N–H and O–H groups in total. The van der Waals surface area contributed by atoms with Crippen LogP contribution in [0.25, 0.3) is 0 Å². The van der Waals surface area contributed by atoms with Gasteiger partial charge in [-0.15, -0.1) is 0 Å². The molecule has 1 aromatic heterocycles. The van der Waals surface area contributed by atoms with E-state index in [1.165, 1.54) is 4.68 Å². The fourth-order valence-corrected chi connectivity index (χ4v) is 2.76. The highest BCUT2D eigenvalue weighted by Gasteiger charge is 2.26. The number of hydrogen-bond acceptors (Lipinski definition) is 4. The molecule has 0 saturated carbocycles. The summed E-state index contributed by atoms with van der Waals surface area (Å²) < 4.78 is 13.7. The Labute approximate surface area is 83.7 Å². The summed E-state index contributed by atoms with van der Waals surface area (Å²) >= 11 is 0. The number of anilines is 1. The van der Waals surface area contributed by atoms with Crippen LogP contribution in [-0.2, 0) is 21.8 Å². The van der Waals surface area contributed by atoms with Crippen molar-refractivity contribution in [3.05, 3.63) is 6.20 Å². The van der Waals surface area contributed by atoms with Crippen LogP contribution in [0.15, 0.2) is 11.2 Å². The number of hydrogen-bond donors (Lipinski definition) is 2. The van der Waals surface area contributed by atoms with Crippen LogP contribution in [0.3, 0.4) is 0 Å². The lowest BCUT2D eigenvalue weighted by Crippen LogP contribution is -2.26. The van der Waals surface area contributed by atoms with E-state index < -0.39 is 9.93 Å². The van der Waals surface area contributed by atoms with E-state index in [1.807, 2.05) is 0 Å². The van der Waals surface area contributed by atoms with Gasteiger partial charge in [0.15, 0.2) is 10.6 Å². The molecule has 0 radical (unpaired) electrons. The number of rotatable bonds is 3. The van der Waals surface area contributed by atoms with Crippen molar-refractivity contribution in [3.63, 3.8) is 0 Å². The minimum absolute atomic E-state index is 0.227. The Bertz CT molecular complexity index is 397. The molecule has 0 saturated heterocycles. The van der Waals surface area contributed by atoms with Crippen LogP contribution in [0.5, 0.6) is 0 Å². The zero-order chi connectivity index (χ0) is 10.9. The molecule has 0 aliphatic heterocycles. The summed E-state index contributed by atoms with van der Waals surface area (Å²) in [6, 6.07) is 0. The highest BCUT2D eigenvalue weighted by molar-refractivity contribution is 8.15. The van der Waals surface area contributed by atoms with Gasteiger partial charge < -0.3 is 5.73 Å². The van der Waals surface area contributed by atoms with Gasteiger partial charge in [-0.25, -0.2) is 0 Å². The molecule has 0 aromatic carbocycles. The molecule has 14 heavy (non-hydrogen) atoms. The molecule has 1 rings (SSSR count). The summed E-state index contributed by atoms with van der Waals surface area (Å²) in [5, 5.41) is 3.93. The summed E-state index contributed by atoms with van der Waals surface area (Å²) in [4.78, 5) is 10.9. The van der Waals surface area contributed by atoms with Crippen molar-refractivity contribution in [3.8, 4) is 0 Å². The molecule has 0 fully saturated rings. The molecular weight excluding hydrogens is 202 g/mol. The smallest absolute Gasteiger partial charge is 0.188 e. The van der Waals surface area contributed by atoms with Crippen molar-refractivity contribution in [1.82, 2.24) is 9.78 Å². The van der Waals surface area contributed by atoms with E-state index >= 15 is 0 Å². The third-order valence-corrected chi connectivity index (χ3v) is 4.95. The monoisotopic (exact) mass is 217 g/mol. The minimum atomic E-state index is -3.08. The van der Waals surface area contributed by atoms with Crippen molar-refractivity contribution in [2.75, 3.05) is 5.73 Å². The Hall–Kier alpha value is -1.17. The Kier molecular flexibility index (Phi) is 2.75. The summed E-state index contributed by atoms with van der Waals surface area (Å²) in [6.45, 7) is 3.45. The predicted molar refractivity (Wildman–Crippen MR) is 57.3 cm³/mol. The van der Waals surface area contributed by atoms with Gasteiger partial charge in [0.2, 0.25) is 0 Å². The molecule has 1 aromatic rings. The Morgan fingerprint density at radius 1 is 1.64 bits per heavy atom. The standard InChI is InChI=1S/C8H15N3O2S/c1-6(2)14(13,5-12)8-7(9)4-11(3)10-8/h4-6,14H,9H2,1-3H3. The maximum absolute atomic E-state index is 12.2. The maximum Gasteiger partial charge on any atom is 0.188 e. The molecule has 0 spiro atoms. The first-order chi connectivity index (χ1) is 6.41. The molecule has 6 heteroatoms. The lowest BCUT2D eigenvalue weighted by atomic mass is 10.6. The van der Waals surface area contributed by atoms with E-state index in [0.717, 1.165) is 0 Å². The van der Waals surface area contributed by atoms with Crippen LogP contribution in [0.1, 0.15) is 13.8 Å². The first-order valence-corrected chi connectivity index (χ1v) is 6.11. The van der Waals surface area contributed by atoms with Crippen LogP contribution in [-0.4, -0.2) is 24.9 Å². The second-order valence-electron chi connectivity index (χ2n) is 3.49. The fraction of sp³-hybridized carbons (Fsp3) is 0.500. The second kappa shape index (κ2) is 3.53. The Morgan fingerprint density at radius 3 is 2.50 bits per heavy atom. The first-order valence-electron chi connectivity index (χ1n) is 4.27. The number of thiol groups is 1. The van der Waals surface area contributed by atoms with Gasteiger partial charge in [-0.2, -0.15) is 5.10 Å². The Balaban J connectivity index is 3.33. The SMILES string of the molecule is CC(C)[SH](=O)(C=O)c1nn(C)cc1N. The number of nitrogen functional groups attached to an aromatic ring is 1. The largest absolute Gasteiger partial charge is 0.395 e. The summed E-state index contributed by atoms with van der Waals surface area (Å²) in [7, 11) is -1.40. The maximum atomic E-state index is 12.2. The number of aryl methyl sites for hydroxylation is 1. The van der Waals surface area contributed by atoms with Gasteiger partial charge in [0.25, 0.3) is 0 Å². The van der Waals surface area contributed by atoms with Crippen molar-refractivity contribution in [1.29, 1.82) is 0 Å². The normalized spacial score (nSPS) is 13.1. The molecule has 0 bridgehead atoms. The lowest BCUT2D eigenvalue weighted by Gasteiger charge is -2.19. The number of carbonyl (C=O) groups excluding carboxylic acids is 1. The van der Waals surface area contributed by atoms with Gasteiger partial charge in [0.1, 0.15) is 0 Å². The van der Waals surface area contributed by atoms with Crippen LogP contribution < -0.4 is 5.73 Å². The highest BCUT2D eigenvalue weighted by atomic mass is 32.2. The van der Waals surface area contributed by atoms with Gasteiger partial charge in [0.05, 0.1) is 5.69 Å². The molecular formula is C8H15N3O2S. The van der Waals surface area contributed by atoms with Gasteiger partial charge in [-0.05, 0) is 9.93 Å². The van der Waals surface area contributed by atoms with E-state index in [2.05, 4.69) is 5.10 Å². The zero-order valence-electron chi connectivity index (χ0n) is 8.47. The first kappa shape index (κ1) is 10.9. The predicted octanol–water partition coefficient (Wildman–Crippen LogP) is -0.0235. The van der Waals surface area contributed by atoms with E-state index in [-0.39, 0.29) is 10.3 Å². The van der Waals surface area contributed by atoms with Crippen molar-refractivity contribution in [2.45, 2.75) is 24.1 Å². The highest BCUT2D eigenvalue weighted by Crippen LogP contribution is 2.25. The quantitative estimate of drug-likeness (QED) is 0.551. The molecule has 5 nitrogen and oxygen atoms in total. The van der Waals surface area contributed by atoms with E-state index in [1.54, 1.807) is 27.1 Å². The minimum Gasteiger partial charge on any atom is -0.395 e. The average molecular weight is 217 g/mol. The number of aromatic nitrogens is 2. The van der Waals surface area contributed by atoms with Gasteiger partial charge in [-0.1, -0.05) is 13.8 Å². The third-order valence-electron chi connectivity index (χ3n) is 2.09. The Morgan fingerprint density at radius 2 is 2.21 bits per heavy atom. The average Bonchev–Trinajstić information content (AvgIpc) is 2.44. The van der Waals surface area contributed by atoms with Gasteiger partial charge in [-0.3, -0.25) is 13.7 Å². The van der Waals surface area contributed by atoms with Crippen molar-refractivity contribution < 1.29 is 9.00 Å². The van der Waals surface area contributed by atoms with Crippen LogP contribution >= 0.6 is 0 Å². The molecule has 0 aliphatic carbocycles. The number of nitrogens with zero attached hydrogens (tertiary/aromatic N) is 2. The van der Waals surface area contributed by atoms with E-state index in [4.69, 9.17) is 5.73 Å². The molecule has 0 amide bonds. The second-order valence-corrected chi connectivity index (χ2v) is 6.58. The lowest BCUT2D eigenvalue weighted by molar-refractivity contribution is 0.564. The number of carbonyl (C=O) groups is 1. The van der Waals surface area contributed by atoms with E-state index in [0.29, 0.717) is 11.3 Å². The molecule has 0 aliphatic rings. The molecule has 80 valence electrons. The van der Waals surface area contributed by atoms with E-state index in [9.17, 15) is 9.00 Å². The molecule has 0 atom stereocenters. The molecule has 0 unspecified atom stereocenters. The van der Waals surface area contributed by atoms with Crippen molar-refractivity contribution >= 4 is 21.2 Å². The zero-order valence-corrected chi connectivity index (χ0v) is 9.36. The topological polar surface area (TPSA) is 78.0 Å². The fourth-order valence-electron chi connectivity index (χ4n) is 1.18. The van der Waals surface area contributed by atoms with Gasteiger partial charge in [0, 0.05) is 18.5 Å². The van der Waals surface area contributed by atoms with Crippen LogP contribution in [0, 0.1) is 0 Å². The van der Waals surface area contributed by atoms with Gasteiger partial charge >= 0.3 is 0 Å². The van der Waals surface area contributed by atoms with Crippen LogP contribution in [0.4, 0.5) is 5.69 Å². The molecule has 1 heterocycles.